The molecule has 21 heavy (non-hydrogen) atoms. The van der Waals surface area contributed by atoms with E-state index in [4.69, 9.17) is 0 Å². The molecule has 1 aliphatic carbocycles. The second-order valence-corrected chi connectivity index (χ2v) is 7.45. The first-order valence-corrected chi connectivity index (χ1v) is 9.07. The van der Waals surface area contributed by atoms with Crippen molar-refractivity contribution in [2.75, 3.05) is 26.2 Å². The van der Waals surface area contributed by atoms with Gasteiger partial charge in [-0.2, -0.15) is 0 Å². The first-order chi connectivity index (χ1) is 9.99. The largest absolute Gasteiger partial charge is 0.395 e. The van der Waals surface area contributed by atoms with E-state index in [2.05, 4.69) is 44.8 Å². The van der Waals surface area contributed by atoms with Gasteiger partial charge in [0.05, 0.1) is 6.61 Å². The molecule has 0 bridgehead atoms. The fraction of sp³-hybridized carbons (Fsp3) is 1.00. The van der Waals surface area contributed by atoms with Crippen LogP contribution in [0.3, 0.4) is 0 Å². The molecule has 0 amide bonds. The van der Waals surface area contributed by atoms with Crippen molar-refractivity contribution >= 4 is 0 Å². The highest BCUT2D eigenvalue weighted by Crippen LogP contribution is 2.34. The molecule has 3 heteroatoms. The first kappa shape index (κ1) is 18.9. The molecule has 1 aliphatic rings. The van der Waals surface area contributed by atoms with E-state index in [1.807, 2.05) is 0 Å². The molecule has 0 heterocycles. The molecule has 0 aromatic carbocycles. The van der Waals surface area contributed by atoms with E-state index in [9.17, 15) is 5.11 Å². The highest BCUT2D eigenvalue weighted by Gasteiger charge is 2.32. The van der Waals surface area contributed by atoms with Gasteiger partial charge in [-0.3, -0.25) is 4.90 Å². The van der Waals surface area contributed by atoms with Crippen molar-refractivity contribution in [3.8, 4) is 0 Å². The van der Waals surface area contributed by atoms with Gasteiger partial charge in [0, 0.05) is 25.2 Å². The summed E-state index contributed by atoms with van der Waals surface area (Å²) in [6.07, 6.45) is 5.24. The Bertz CT molecular complexity index is 268. The van der Waals surface area contributed by atoms with Crippen molar-refractivity contribution in [3.63, 3.8) is 0 Å². The second kappa shape index (κ2) is 9.81. The van der Waals surface area contributed by atoms with E-state index in [0.717, 1.165) is 37.4 Å². The molecule has 0 aromatic rings. The predicted octanol–water partition coefficient (Wildman–Crippen LogP) is 3.13. The summed E-state index contributed by atoms with van der Waals surface area (Å²) in [5.74, 6) is 2.40. The van der Waals surface area contributed by atoms with Crippen LogP contribution in [0, 0.1) is 17.8 Å². The monoisotopic (exact) mass is 298 g/mol. The molecule has 0 spiro atoms. The molecule has 0 aliphatic heterocycles. The third kappa shape index (κ3) is 6.25. The third-order valence-corrected chi connectivity index (χ3v) is 5.21. The Balaban J connectivity index is 2.67. The van der Waals surface area contributed by atoms with Crippen molar-refractivity contribution < 1.29 is 5.11 Å². The molecule has 3 nitrogen and oxygen atoms in total. The van der Waals surface area contributed by atoms with Gasteiger partial charge in [0.25, 0.3) is 0 Å². The van der Waals surface area contributed by atoms with Crippen LogP contribution >= 0.6 is 0 Å². The van der Waals surface area contributed by atoms with E-state index >= 15 is 0 Å². The zero-order valence-corrected chi connectivity index (χ0v) is 14.9. The highest BCUT2D eigenvalue weighted by molar-refractivity contribution is 4.88. The average molecular weight is 299 g/mol. The van der Waals surface area contributed by atoms with Gasteiger partial charge in [-0.25, -0.2) is 0 Å². The van der Waals surface area contributed by atoms with Gasteiger partial charge in [0.15, 0.2) is 0 Å². The summed E-state index contributed by atoms with van der Waals surface area (Å²) >= 11 is 0. The van der Waals surface area contributed by atoms with Gasteiger partial charge < -0.3 is 10.4 Å². The van der Waals surface area contributed by atoms with Crippen molar-refractivity contribution in [2.45, 2.75) is 72.4 Å². The van der Waals surface area contributed by atoms with Crippen molar-refractivity contribution in [2.24, 2.45) is 17.8 Å². The molecular formula is C18H38N2O. The summed E-state index contributed by atoms with van der Waals surface area (Å²) in [6.45, 7) is 14.8. The average Bonchev–Trinajstić information content (AvgIpc) is 2.45. The van der Waals surface area contributed by atoms with E-state index in [-0.39, 0.29) is 6.61 Å². The van der Waals surface area contributed by atoms with Gasteiger partial charge >= 0.3 is 0 Å². The van der Waals surface area contributed by atoms with Crippen molar-refractivity contribution in [1.29, 1.82) is 0 Å². The fourth-order valence-electron chi connectivity index (χ4n) is 3.70. The van der Waals surface area contributed by atoms with Gasteiger partial charge in [-0.15, -0.1) is 0 Å². The van der Waals surface area contributed by atoms with Crippen LogP contribution in [-0.2, 0) is 0 Å². The molecule has 1 saturated carbocycles. The lowest BCUT2D eigenvalue weighted by Gasteiger charge is -2.41. The molecule has 3 unspecified atom stereocenters. The predicted molar refractivity (Wildman–Crippen MR) is 91.5 cm³/mol. The Morgan fingerprint density at radius 3 is 2.43 bits per heavy atom. The van der Waals surface area contributed by atoms with Crippen LogP contribution in [0.5, 0.6) is 0 Å². The number of aliphatic hydroxyl groups is 1. The summed E-state index contributed by atoms with van der Waals surface area (Å²) in [5.41, 5.74) is 0. The summed E-state index contributed by atoms with van der Waals surface area (Å²) in [5, 5.41) is 13.1. The Hall–Kier alpha value is -0.120. The number of aliphatic hydroxyl groups excluding tert-OH is 1. The quantitative estimate of drug-likeness (QED) is 0.686. The van der Waals surface area contributed by atoms with Crippen LogP contribution in [-0.4, -0.2) is 48.3 Å². The lowest BCUT2D eigenvalue weighted by Crippen LogP contribution is -2.48. The highest BCUT2D eigenvalue weighted by atomic mass is 16.3. The second-order valence-electron chi connectivity index (χ2n) is 7.45. The van der Waals surface area contributed by atoms with Crippen LogP contribution in [0.1, 0.15) is 60.3 Å². The molecule has 0 aromatic heterocycles. The van der Waals surface area contributed by atoms with Gasteiger partial charge in [0.1, 0.15) is 0 Å². The molecule has 2 N–H and O–H groups in total. The summed E-state index contributed by atoms with van der Waals surface area (Å²) in [6, 6.07) is 1.18. The van der Waals surface area contributed by atoms with Crippen LogP contribution in [0.15, 0.2) is 0 Å². The van der Waals surface area contributed by atoms with Gasteiger partial charge in [0.2, 0.25) is 0 Å². The first-order valence-electron chi connectivity index (χ1n) is 9.07. The molecule has 126 valence electrons. The molecule has 1 fully saturated rings. The smallest absolute Gasteiger partial charge is 0.0558 e. The van der Waals surface area contributed by atoms with E-state index < -0.39 is 0 Å². The maximum atomic E-state index is 9.31. The van der Waals surface area contributed by atoms with Crippen LogP contribution in [0.2, 0.25) is 0 Å². The van der Waals surface area contributed by atoms with Crippen molar-refractivity contribution in [3.05, 3.63) is 0 Å². The Morgan fingerprint density at radius 2 is 1.90 bits per heavy atom. The molecule has 0 radical (unpaired) electrons. The van der Waals surface area contributed by atoms with E-state index in [1.165, 1.54) is 25.7 Å². The topological polar surface area (TPSA) is 35.5 Å². The van der Waals surface area contributed by atoms with Crippen molar-refractivity contribution in [1.82, 2.24) is 10.2 Å². The van der Waals surface area contributed by atoms with Crippen LogP contribution in [0.4, 0.5) is 0 Å². The number of nitrogens with one attached hydrogen (secondary N) is 1. The maximum absolute atomic E-state index is 9.31. The molecular weight excluding hydrogens is 260 g/mol. The number of hydrogen-bond donors (Lipinski definition) is 2. The Labute approximate surface area is 132 Å². The standard InChI is InChI=1S/C18H38N2O/c1-6-9-19-18-8-7-16(14(2)3)12-17(18)13-20(10-11-21)15(4)5/h14-19,21H,6-13H2,1-5H3. The molecule has 3 atom stereocenters. The number of rotatable bonds is 9. The zero-order chi connectivity index (χ0) is 15.8. The number of hydrogen-bond acceptors (Lipinski definition) is 3. The Morgan fingerprint density at radius 1 is 1.19 bits per heavy atom. The van der Waals surface area contributed by atoms with Crippen LogP contribution in [0.25, 0.3) is 0 Å². The summed E-state index contributed by atoms with van der Waals surface area (Å²) in [4.78, 5) is 2.45. The zero-order valence-electron chi connectivity index (χ0n) is 14.9. The van der Waals surface area contributed by atoms with E-state index in [1.54, 1.807) is 0 Å². The van der Waals surface area contributed by atoms with E-state index in [0.29, 0.717) is 12.1 Å². The molecule has 1 rings (SSSR count). The fourth-order valence-corrected chi connectivity index (χ4v) is 3.70. The minimum Gasteiger partial charge on any atom is -0.395 e. The third-order valence-electron chi connectivity index (χ3n) is 5.21. The van der Waals surface area contributed by atoms with Gasteiger partial charge in [-0.1, -0.05) is 20.8 Å². The minimum absolute atomic E-state index is 0.269. The SMILES string of the molecule is CCCNC1CCC(C(C)C)CC1CN(CCO)C(C)C. The summed E-state index contributed by atoms with van der Waals surface area (Å²) < 4.78 is 0. The number of nitrogens with zero attached hydrogens (tertiary/aromatic N) is 1. The maximum Gasteiger partial charge on any atom is 0.0558 e. The van der Waals surface area contributed by atoms with Gasteiger partial charge in [-0.05, 0) is 63.8 Å². The Kier molecular flexibility index (Phi) is 8.84. The lowest BCUT2D eigenvalue weighted by atomic mass is 9.73. The normalized spacial score (nSPS) is 27.0. The lowest BCUT2D eigenvalue weighted by molar-refractivity contribution is 0.0921. The molecule has 0 saturated heterocycles. The minimum atomic E-state index is 0.269. The van der Waals surface area contributed by atoms with Crippen LogP contribution < -0.4 is 5.32 Å². The summed E-state index contributed by atoms with van der Waals surface area (Å²) in [7, 11) is 0.